The Balaban J connectivity index is 2.60. The van der Waals surface area contributed by atoms with Crippen molar-refractivity contribution in [1.29, 1.82) is 0 Å². The zero-order valence-electron chi connectivity index (χ0n) is 8.79. The first kappa shape index (κ1) is 13.3. The fourth-order valence-corrected chi connectivity index (χ4v) is 2.11. The number of carbonyl (C=O) groups is 1. The van der Waals surface area contributed by atoms with Gasteiger partial charge in [0.25, 0.3) is 0 Å². The minimum Gasteiger partial charge on any atom is -0.508 e. The summed E-state index contributed by atoms with van der Waals surface area (Å²) >= 11 is 0. The number of nitrogens with one attached hydrogen (secondary N) is 1. The number of phenolic OH excluding ortho intramolecular Hbond substituents is 1. The van der Waals surface area contributed by atoms with Crippen LogP contribution in [-0.2, 0) is 14.8 Å². The number of carbonyl (C=O) groups excluding carboxylic acids is 1. The lowest BCUT2D eigenvalue weighted by atomic mass is 10.3. The van der Waals surface area contributed by atoms with Crippen LogP contribution in [0.25, 0.3) is 0 Å². The number of amides is 1. The number of sulfonamides is 1. The van der Waals surface area contributed by atoms with Crippen molar-refractivity contribution >= 4 is 16.1 Å². The summed E-state index contributed by atoms with van der Waals surface area (Å²) in [5.74, 6) is -0.152. The first-order valence-electron chi connectivity index (χ1n) is 4.63. The Bertz CT molecular complexity index is 500. The molecular weight excluding hydrogens is 248 g/mol. The lowest BCUT2D eigenvalue weighted by Gasteiger charge is -2.06. The van der Waals surface area contributed by atoms with Gasteiger partial charge in [0.05, 0.1) is 4.90 Å². The van der Waals surface area contributed by atoms with Gasteiger partial charge in [-0.05, 0) is 18.2 Å². The highest BCUT2D eigenvalue weighted by molar-refractivity contribution is 7.89. The molecule has 8 heteroatoms. The summed E-state index contributed by atoms with van der Waals surface area (Å²) in [5, 5.41) is 9.14. The highest BCUT2D eigenvalue weighted by Gasteiger charge is 2.13. The quantitative estimate of drug-likeness (QED) is 0.631. The van der Waals surface area contributed by atoms with Gasteiger partial charge in [0.15, 0.2) is 0 Å². The lowest BCUT2D eigenvalue weighted by Crippen LogP contribution is -2.29. The maximum Gasteiger partial charge on any atom is 0.404 e. The van der Waals surface area contributed by atoms with E-state index in [1.54, 1.807) is 0 Å². The molecule has 0 aliphatic heterocycles. The summed E-state index contributed by atoms with van der Waals surface area (Å²) in [6.45, 7) is -0.256. The van der Waals surface area contributed by atoms with Gasteiger partial charge >= 0.3 is 6.09 Å². The molecule has 1 amide bonds. The Morgan fingerprint density at radius 3 is 2.76 bits per heavy atom. The van der Waals surface area contributed by atoms with Crippen molar-refractivity contribution < 1.29 is 23.1 Å². The number of phenols is 1. The second-order valence-electron chi connectivity index (χ2n) is 3.06. The molecule has 4 N–H and O–H groups in total. The second-order valence-corrected chi connectivity index (χ2v) is 4.83. The summed E-state index contributed by atoms with van der Waals surface area (Å²) in [6, 6.07) is 5.20. The summed E-state index contributed by atoms with van der Waals surface area (Å²) in [5.41, 5.74) is 4.70. The Hall–Kier alpha value is -1.80. The van der Waals surface area contributed by atoms with E-state index in [1.807, 2.05) is 0 Å². The largest absolute Gasteiger partial charge is 0.508 e. The van der Waals surface area contributed by atoms with Crippen LogP contribution in [0.3, 0.4) is 0 Å². The van der Waals surface area contributed by atoms with Gasteiger partial charge in [0.1, 0.15) is 12.4 Å². The van der Waals surface area contributed by atoms with E-state index >= 15 is 0 Å². The van der Waals surface area contributed by atoms with Gasteiger partial charge in [0.2, 0.25) is 10.0 Å². The molecule has 94 valence electrons. The number of rotatable bonds is 5. The van der Waals surface area contributed by atoms with Crippen LogP contribution < -0.4 is 10.5 Å². The monoisotopic (exact) mass is 260 g/mol. The normalized spacial score (nSPS) is 11.1. The standard InChI is InChI=1S/C9H12N2O5S/c10-9(13)16-5-4-11-17(14,15)8-3-1-2-7(12)6-8/h1-3,6,11-12H,4-5H2,(H2,10,13). The average molecular weight is 260 g/mol. The Kier molecular flexibility index (Phi) is 4.30. The van der Waals surface area contributed by atoms with Crippen molar-refractivity contribution in [2.45, 2.75) is 4.90 Å². The molecule has 0 aliphatic carbocycles. The Morgan fingerprint density at radius 2 is 2.18 bits per heavy atom. The minimum atomic E-state index is -3.72. The summed E-state index contributed by atoms with van der Waals surface area (Å²) in [7, 11) is -3.72. The Morgan fingerprint density at radius 1 is 1.47 bits per heavy atom. The van der Waals surface area contributed by atoms with Crippen LogP contribution in [-0.4, -0.2) is 32.8 Å². The highest BCUT2D eigenvalue weighted by atomic mass is 32.2. The average Bonchev–Trinajstić information content (AvgIpc) is 2.24. The van der Waals surface area contributed by atoms with Crippen molar-refractivity contribution in [3.8, 4) is 5.75 Å². The number of benzene rings is 1. The Labute approximate surface area is 98.2 Å². The van der Waals surface area contributed by atoms with Crippen molar-refractivity contribution in [1.82, 2.24) is 4.72 Å². The summed E-state index contributed by atoms with van der Waals surface area (Å²) in [6.07, 6.45) is -0.971. The highest BCUT2D eigenvalue weighted by Crippen LogP contribution is 2.15. The van der Waals surface area contributed by atoms with E-state index in [0.29, 0.717) is 0 Å². The fraction of sp³-hybridized carbons (Fsp3) is 0.222. The van der Waals surface area contributed by atoms with Crippen LogP contribution >= 0.6 is 0 Å². The van der Waals surface area contributed by atoms with Gasteiger partial charge in [-0.1, -0.05) is 6.07 Å². The van der Waals surface area contributed by atoms with E-state index in [0.717, 1.165) is 6.07 Å². The van der Waals surface area contributed by atoms with E-state index in [2.05, 4.69) is 9.46 Å². The number of ether oxygens (including phenoxy) is 1. The molecule has 0 atom stereocenters. The van der Waals surface area contributed by atoms with Gasteiger partial charge in [-0.25, -0.2) is 17.9 Å². The van der Waals surface area contributed by atoms with E-state index in [-0.39, 0.29) is 23.8 Å². The van der Waals surface area contributed by atoms with Crippen molar-refractivity contribution in [2.24, 2.45) is 5.73 Å². The van der Waals surface area contributed by atoms with Crippen LogP contribution in [0.5, 0.6) is 5.75 Å². The molecule has 17 heavy (non-hydrogen) atoms. The number of hydrogen-bond acceptors (Lipinski definition) is 5. The lowest BCUT2D eigenvalue weighted by molar-refractivity contribution is 0.159. The van der Waals surface area contributed by atoms with E-state index in [4.69, 9.17) is 10.8 Å². The molecule has 0 aliphatic rings. The number of primary amides is 1. The van der Waals surface area contributed by atoms with Crippen LogP contribution in [0.15, 0.2) is 29.2 Å². The third-order valence-corrected chi connectivity index (χ3v) is 3.23. The van der Waals surface area contributed by atoms with Crippen LogP contribution in [0.4, 0.5) is 4.79 Å². The molecule has 1 aromatic carbocycles. The predicted octanol–water partition coefficient (Wildman–Crippen LogP) is -0.234. The third-order valence-electron chi connectivity index (χ3n) is 1.77. The first-order valence-corrected chi connectivity index (χ1v) is 6.11. The molecule has 7 nitrogen and oxygen atoms in total. The maximum absolute atomic E-state index is 11.6. The molecule has 0 radical (unpaired) electrons. The van der Waals surface area contributed by atoms with Crippen molar-refractivity contribution in [2.75, 3.05) is 13.2 Å². The third kappa shape index (κ3) is 4.29. The van der Waals surface area contributed by atoms with Crippen LogP contribution in [0, 0.1) is 0 Å². The van der Waals surface area contributed by atoms with E-state index in [9.17, 15) is 13.2 Å². The second kappa shape index (κ2) is 5.51. The van der Waals surface area contributed by atoms with Crippen LogP contribution in [0.1, 0.15) is 0 Å². The van der Waals surface area contributed by atoms with Gasteiger partial charge < -0.3 is 15.6 Å². The van der Waals surface area contributed by atoms with Crippen molar-refractivity contribution in [3.63, 3.8) is 0 Å². The molecule has 1 rings (SSSR count). The molecule has 0 unspecified atom stereocenters. The minimum absolute atomic E-state index is 0.0726. The zero-order valence-corrected chi connectivity index (χ0v) is 9.61. The predicted molar refractivity (Wildman–Crippen MR) is 58.8 cm³/mol. The van der Waals surface area contributed by atoms with Gasteiger partial charge in [0, 0.05) is 6.54 Å². The van der Waals surface area contributed by atoms with E-state index < -0.39 is 16.1 Å². The zero-order chi connectivity index (χ0) is 12.9. The summed E-state index contributed by atoms with van der Waals surface area (Å²) in [4.78, 5) is 10.2. The van der Waals surface area contributed by atoms with Gasteiger partial charge in [-0.15, -0.1) is 0 Å². The molecule has 0 bridgehead atoms. The van der Waals surface area contributed by atoms with Gasteiger partial charge in [-0.3, -0.25) is 0 Å². The maximum atomic E-state index is 11.6. The molecule has 0 heterocycles. The molecule has 0 aromatic heterocycles. The smallest absolute Gasteiger partial charge is 0.404 e. The SMILES string of the molecule is NC(=O)OCCNS(=O)(=O)c1cccc(O)c1. The van der Waals surface area contributed by atoms with Gasteiger partial charge in [-0.2, -0.15) is 0 Å². The topological polar surface area (TPSA) is 119 Å². The molecule has 0 fully saturated rings. The fourth-order valence-electron chi connectivity index (χ4n) is 1.06. The number of nitrogens with two attached hydrogens (primary N) is 1. The number of aromatic hydroxyl groups is 1. The molecule has 0 saturated heterocycles. The molecule has 1 aromatic rings. The summed E-state index contributed by atoms with van der Waals surface area (Å²) < 4.78 is 29.8. The first-order chi connectivity index (χ1) is 7.92. The molecule has 0 saturated carbocycles. The van der Waals surface area contributed by atoms with Crippen LogP contribution in [0.2, 0.25) is 0 Å². The number of hydrogen-bond donors (Lipinski definition) is 3. The molecule has 0 spiro atoms. The van der Waals surface area contributed by atoms with Crippen molar-refractivity contribution in [3.05, 3.63) is 24.3 Å². The molecular formula is C9H12N2O5S. The van der Waals surface area contributed by atoms with E-state index in [1.165, 1.54) is 18.2 Å².